The molecule has 0 aliphatic heterocycles. The van der Waals surface area contributed by atoms with E-state index in [1.807, 2.05) is 0 Å². The lowest BCUT2D eigenvalue weighted by molar-refractivity contribution is -0.141. The SMILES string of the molecule is CCOC(=O)c1ccc(-c2cccn3c(=O)cc(C(F)(F)F)nc23)cc1. The van der Waals surface area contributed by atoms with E-state index in [2.05, 4.69) is 4.98 Å². The Morgan fingerprint density at radius 3 is 2.50 bits per heavy atom. The summed E-state index contributed by atoms with van der Waals surface area (Å²) >= 11 is 0. The lowest BCUT2D eigenvalue weighted by Crippen LogP contribution is -2.20. The van der Waals surface area contributed by atoms with E-state index in [0.717, 1.165) is 4.40 Å². The van der Waals surface area contributed by atoms with Crippen LogP contribution in [0, 0.1) is 0 Å². The summed E-state index contributed by atoms with van der Waals surface area (Å²) in [6.07, 6.45) is -3.38. The minimum atomic E-state index is -4.73. The van der Waals surface area contributed by atoms with Gasteiger partial charge in [0.25, 0.3) is 5.56 Å². The first-order valence-electron chi connectivity index (χ1n) is 7.68. The number of halogens is 3. The van der Waals surface area contributed by atoms with Crippen molar-refractivity contribution in [2.75, 3.05) is 6.61 Å². The molecule has 134 valence electrons. The number of esters is 1. The van der Waals surface area contributed by atoms with Crippen molar-refractivity contribution in [3.63, 3.8) is 0 Å². The third-order valence-electron chi connectivity index (χ3n) is 3.69. The van der Waals surface area contributed by atoms with E-state index in [1.54, 1.807) is 25.1 Å². The first-order chi connectivity index (χ1) is 12.3. The Hall–Kier alpha value is -3.16. The molecule has 0 bridgehead atoms. The van der Waals surface area contributed by atoms with Crippen LogP contribution in [0.1, 0.15) is 23.0 Å². The lowest BCUT2D eigenvalue weighted by atomic mass is 10.0. The van der Waals surface area contributed by atoms with E-state index in [9.17, 15) is 22.8 Å². The number of carbonyl (C=O) groups excluding carboxylic acids is 1. The van der Waals surface area contributed by atoms with Crippen molar-refractivity contribution in [2.45, 2.75) is 13.1 Å². The molecule has 2 aromatic heterocycles. The molecule has 0 saturated heterocycles. The van der Waals surface area contributed by atoms with Crippen LogP contribution in [0.3, 0.4) is 0 Å². The van der Waals surface area contributed by atoms with Gasteiger partial charge in [-0.3, -0.25) is 9.20 Å². The number of hydrogen-bond donors (Lipinski definition) is 0. The second-order valence-electron chi connectivity index (χ2n) is 5.39. The summed E-state index contributed by atoms with van der Waals surface area (Å²) < 4.78 is 44.9. The normalized spacial score (nSPS) is 11.5. The van der Waals surface area contributed by atoms with Gasteiger partial charge < -0.3 is 4.74 Å². The number of alkyl halides is 3. The van der Waals surface area contributed by atoms with Gasteiger partial charge >= 0.3 is 12.1 Å². The molecule has 3 rings (SSSR count). The minimum Gasteiger partial charge on any atom is -0.462 e. The molecule has 1 aromatic carbocycles. The van der Waals surface area contributed by atoms with Gasteiger partial charge in [-0.1, -0.05) is 12.1 Å². The number of carbonyl (C=O) groups is 1. The smallest absolute Gasteiger partial charge is 0.433 e. The summed E-state index contributed by atoms with van der Waals surface area (Å²) in [5, 5.41) is 0. The fourth-order valence-corrected chi connectivity index (χ4v) is 2.50. The van der Waals surface area contributed by atoms with Crippen molar-refractivity contribution in [1.29, 1.82) is 0 Å². The third kappa shape index (κ3) is 3.30. The molecule has 0 aliphatic rings. The van der Waals surface area contributed by atoms with Crippen LogP contribution in [0.25, 0.3) is 16.8 Å². The second kappa shape index (κ2) is 6.62. The summed E-state index contributed by atoms with van der Waals surface area (Å²) in [7, 11) is 0. The molecular weight excluding hydrogens is 349 g/mol. The zero-order valence-electron chi connectivity index (χ0n) is 13.6. The molecule has 0 spiro atoms. The van der Waals surface area contributed by atoms with E-state index in [1.165, 1.54) is 24.4 Å². The van der Waals surface area contributed by atoms with Gasteiger partial charge in [-0.25, -0.2) is 9.78 Å². The van der Waals surface area contributed by atoms with Crippen LogP contribution in [0.5, 0.6) is 0 Å². The van der Waals surface area contributed by atoms with E-state index in [-0.39, 0.29) is 12.3 Å². The summed E-state index contributed by atoms with van der Waals surface area (Å²) in [6, 6.07) is 9.69. The molecule has 0 amide bonds. The average molecular weight is 362 g/mol. The van der Waals surface area contributed by atoms with Gasteiger partial charge in [0.1, 0.15) is 5.65 Å². The quantitative estimate of drug-likeness (QED) is 0.669. The maximum atomic E-state index is 13.0. The Morgan fingerprint density at radius 2 is 1.88 bits per heavy atom. The number of hydrogen-bond acceptors (Lipinski definition) is 4. The van der Waals surface area contributed by atoms with E-state index in [0.29, 0.717) is 22.8 Å². The number of benzene rings is 1. The first kappa shape index (κ1) is 17.7. The zero-order valence-corrected chi connectivity index (χ0v) is 13.6. The predicted molar refractivity (Wildman–Crippen MR) is 87.9 cm³/mol. The van der Waals surface area contributed by atoms with Gasteiger partial charge in [0.05, 0.1) is 12.2 Å². The number of nitrogens with zero attached hydrogens (tertiary/aromatic N) is 2. The Kier molecular flexibility index (Phi) is 4.50. The zero-order chi connectivity index (χ0) is 18.9. The molecule has 5 nitrogen and oxygen atoms in total. The predicted octanol–water partition coefficient (Wildman–Crippen LogP) is 3.56. The number of ether oxygens (including phenoxy) is 1. The standard InChI is InChI=1S/C18H13F3N2O3/c1-2-26-17(25)12-7-5-11(6-8-12)13-4-3-9-23-15(24)10-14(18(19,20)21)22-16(13)23/h3-10H,2H2,1H3. The van der Waals surface area contributed by atoms with Crippen molar-refractivity contribution in [3.8, 4) is 11.1 Å². The second-order valence-corrected chi connectivity index (χ2v) is 5.39. The van der Waals surface area contributed by atoms with Crippen LogP contribution in [-0.4, -0.2) is 22.0 Å². The van der Waals surface area contributed by atoms with Crippen molar-refractivity contribution in [2.24, 2.45) is 0 Å². The Bertz CT molecular complexity index is 1020. The fourth-order valence-electron chi connectivity index (χ4n) is 2.50. The van der Waals surface area contributed by atoms with E-state index in [4.69, 9.17) is 4.74 Å². The molecule has 0 radical (unpaired) electrons. The maximum Gasteiger partial charge on any atom is 0.433 e. The Morgan fingerprint density at radius 1 is 1.19 bits per heavy atom. The van der Waals surface area contributed by atoms with Gasteiger partial charge in [0, 0.05) is 17.8 Å². The van der Waals surface area contributed by atoms with Gasteiger partial charge in [-0.15, -0.1) is 0 Å². The topological polar surface area (TPSA) is 60.7 Å². The Labute approximate surface area is 145 Å². The molecule has 3 aromatic rings. The molecular formula is C18H13F3N2O3. The van der Waals surface area contributed by atoms with Gasteiger partial charge in [0.15, 0.2) is 5.69 Å². The fraction of sp³-hybridized carbons (Fsp3) is 0.167. The molecule has 2 heterocycles. The van der Waals surface area contributed by atoms with Crippen LogP contribution in [0.2, 0.25) is 0 Å². The highest BCUT2D eigenvalue weighted by atomic mass is 19.4. The Balaban J connectivity index is 2.14. The van der Waals surface area contributed by atoms with Crippen LogP contribution >= 0.6 is 0 Å². The third-order valence-corrected chi connectivity index (χ3v) is 3.69. The number of aromatic nitrogens is 2. The monoisotopic (exact) mass is 362 g/mol. The van der Waals surface area contributed by atoms with Crippen molar-refractivity contribution < 1.29 is 22.7 Å². The molecule has 0 saturated carbocycles. The highest BCUT2D eigenvalue weighted by molar-refractivity contribution is 5.90. The number of fused-ring (bicyclic) bond motifs is 1. The summed E-state index contributed by atoms with van der Waals surface area (Å²) in [5.41, 5.74) is -1.02. The average Bonchev–Trinajstić information content (AvgIpc) is 2.61. The summed E-state index contributed by atoms with van der Waals surface area (Å²) in [5.74, 6) is -0.495. The lowest BCUT2D eigenvalue weighted by Gasteiger charge is -2.11. The van der Waals surface area contributed by atoms with Gasteiger partial charge in [-0.05, 0) is 36.8 Å². The molecule has 0 fully saturated rings. The minimum absolute atomic E-state index is 0.115. The van der Waals surface area contributed by atoms with Crippen LogP contribution in [0.15, 0.2) is 53.5 Å². The van der Waals surface area contributed by atoms with Crippen LogP contribution in [-0.2, 0) is 10.9 Å². The van der Waals surface area contributed by atoms with Gasteiger partial charge in [-0.2, -0.15) is 13.2 Å². The van der Waals surface area contributed by atoms with Crippen molar-refractivity contribution in [1.82, 2.24) is 9.38 Å². The van der Waals surface area contributed by atoms with Crippen LogP contribution < -0.4 is 5.56 Å². The highest BCUT2D eigenvalue weighted by Gasteiger charge is 2.33. The summed E-state index contributed by atoms with van der Waals surface area (Å²) in [6.45, 7) is 1.92. The molecule has 0 aliphatic carbocycles. The summed E-state index contributed by atoms with van der Waals surface area (Å²) in [4.78, 5) is 27.3. The molecule has 26 heavy (non-hydrogen) atoms. The van der Waals surface area contributed by atoms with Crippen molar-refractivity contribution >= 4 is 11.6 Å². The van der Waals surface area contributed by atoms with Crippen LogP contribution in [0.4, 0.5) is 13.2 Å². The largest absolute Gasteiger partial charge is 0.462 e. The number of rotatable bonds is 3. The van der Waals surface area contributed by atoms with E-state index < -0.39 is 23.4 Å². The molecule has 0 atom stereocenters. The molecule has 0 N–H and O–H groups in total. The maximum absolute atomic E-state index is 13.0. The van der Waals surface area contributed by atoms with Crippen molar-refractivity contribution in [3.05, 3.63) is 70.3 Å². The number of pyridine rings is 1. The van der Waals surface area contributed by atoms with E-state index >= 15 is 0 Å². The van der Waals surface area contributed by atoms with Gasteiger partial charge in [0.2, 0.25) is 0 Å². The first-order valence-corrected chi connectivity index (χ1v) is 7.68. The highest BCUT2D eigenvalue weighted by Crippen LogP contribution is 2.29. The molecule has 8 heteroatoms. The molecule has 0 unspecified atom stereocenters.